The minimum absolute atomic E-state index is 0. The van der Waals surface area contributed by atoms with E-state index in [2.05, 4.69) is 30.8 Å². The first kappa shape index (κ1) is 26.4. The van der Waals surface area contributed by atoms with E-state index in [0.29, 0.717) is 0 Å². The maximum absolute atomic E-state index is 9.97. The summed E-state index contributed by atoms with van der Waals surface area (Å²) in [7, 11) is 0. The zero-order chi connectivity index (χ0) is 12.8. The second-order valence-electron chi connectivity index (χ2n) is 4.47. The molecule has 0 heterocycles. The van der Waals surface area contributed by atoms with E-state index in [1.807, 2.05) is 42.5 Å². The van der Waals surface area contributed by atoms with Gasteiger partial charge in [0.15, 0.2) is 0 Å². The predicted molar refractivity (Wildman–Crippen MR) is 104 cm³/mol. The number of benzene rings is 2. The zero-order valence-electron chi connectivity index (χ0n) is 13.1. The van der Waals surface area contributed by atoms with Gasteiger partial charge in [0.1, 0.15) is 0 Å². The van der Waals surface area contributed by atoms with Crippen molar-refractivity contribution in [3.63, 3.8) is 0 Å². The van der Waals surface area contributed by atoms with Crippen molar-refractivity contribution in [1.29, 1.82) is 0 Å². The van der Waals surface area contributed by atoms with Gasteiger partial charge in [0, 0.05) is 5.41 Å². The molecule has 0 aliphatic heterocycles. The molecule has 0 radical (unpaired) electrons. The van der Waals surface area contributed by atoms with Gasteiger partial charge in [0.05, 0.1) is 6.61 Å². The standard InChI is InChI=1S/C17H18O.CH3.Cu.2H3P/c1-2-13-17(14-18,15-9-5-3-6-10-15)16-11-7-4-8-12-16;;;;/h2-12,18H,1,13-14H2;1H3;;2*1H3/q;-1;+1;;. The summed E-state index contributed by atoms with van der Waals surface area (Å²) in [6, 6.07) is 20.3. The third kappa shape index (κ3) is 5.62. The Bertz CT molecular complexity index is 464. The second-order valence-corrected chi connectivity index (χ2v) is 4.47. The summed E-state index contributed by atoms with van der Waals surface area (Å²) in [6.07, 6.45) is 2.59. The SMILES string of the molecule is C=CCC(CO)(c1ccccc1)c1ccccc1.P.P.[CH3-].[Cu+]. The summed E-state index contributed by atoms with van der Waals surface area (Å²) in [4.78, 5) is 0. The molecule has 0 amide bonds. The van der Waals surface area contributed by atoms with Gasteiger partial charge in [-0.2, -0.15) is 19.8 Å². The van der Waals surface area contributed by atoms with Crippen LogP contribution in [0.25, 0.3) is 0 Å². The Hall–Kier alpha value is -0.481. The molecule has 1 nitrogen and oxygen atoms in total. The molecule has 0 aliphatic rings. The molecule has 0 saturated heterocycles. The number of aliphatic hydroxyl groups excluding tert-OH is 1. The van der Waals surface area contributed by atoms with E-state index in [0.717, 1.165) is 17.5 Å². The van der Waals surface area contributed by atoms with Crippen molar-refractivity contribution >= 4 is 19.8 Å². The molecule has 0 bridgehead atoms. The maximum atomic E-state index is 9.97. The first-order chi connectivity index (χ1) is 8.83. The zero-order valence-corrected chi connectivity index (χ0v) is 16.9. The molecule has 2 aromatic carbocycles. The van der Waals surface area contributed by atoms with E-state index in [4.69, 9.17) is 0 Å². The summed E-state index contributed by atoms with van der Waals surface area (Å²) in [6.45, 7) is 3.91. The Kier molecular flexibility index (Phi) is 15.6. The van der Waals surface area contributed by atoms with Gasteiger partial charge in [-0.1, -0.05) is 66.7 Å². The monoisotopic (exact) mass is 384 g/mol. The van der Waals surface area contributed by atoms with Crippen molar-refractivity contribution in [2.45, 2.75) is 11.8 Å². The third-order valence-electron chi connectivity index (χ3n) is 3.42. The Morgan fingerprint density at radius 3 is 1.50 bits per heavy atom. The Labute approximate surface area is 152 Å². The smallest absolute Gasteiger partial charge is 0.395 e. The van der Waals surface area contributed by atoms with Gasteiger partial charge in [-0.3, -0.25) is 0 Å². The molecule has 22 heavy (non-hydrogen) atoms. The Morgan fingerprint density at radius 1 is 0.864 bits per heavy atom. The molecule has 2 unspecified atom stereocenters. The van der Waals surface area contributed by atoms with E-state index >= 15 is 0 Å². The molecule has 4 heteroatoms. The third-order valence-corrected chi connectivity index (χ3v) is 3.42. The van der Waals surface area contributed by atoms with Crippen LogP contribution in [0.3, 0.4) is 0 Å². The van der Waals surface area contributed by atoms with Gasteiger partial charge in [0.2, 0.25) is 0 Å². The normalized spacial score (nSPS) is 9.14. The molecular weight excluding hydrogens is 358 g/mol. The number of allylic oxidation sites excluding steroid dienone is 1. The molecule has 0 aromatic heterocycles. The van der Waals surface area contributed by atoms with Gasteiger partial charge >= 0.3 is 17.1 Å². The van der Waals surface area contributed by atoms with Crippen LogP contribution in [0.15, 0.2) is 73.3 Å². The molecule has 1 N–H and O–H groups in total. The summed E-state index contributed by atoms with van der Waals surface area (Å²) in [5, 5.41) is 9.97. The minimum Gasteiger partial charge on any atom is -0.395 e. The molecule has 2 rings (SSSR count). The van der Waals surface area contributed by atoms with Crippen molar-refractivity contribution in [3.8, 4) is 0 Å². The van der Waals surface area contributed by atoms with Crippen molar-refractivity contribution in [3.05, 3.63) is 91.9 Å². The molecule has 0 fully saturated rings. The van der Waals surface area contributed by atoms with E-state index in [-0.39, 0.29) is 56.3 Å². The van der Waals surface area contributed by atoms with Crippen molar-refractivity contribution in [1.82, 2.24) is 0 Å². The van der Waals surface area contributed by atoms with Crippen molar-refractivity contribution < 1.29 is 22.2 Å². The average Bonchev–Trinajstić information content (AvgIpc) is 2.47. The van der Waals surface area contributed by atoms with E-state index < -0.39 is 0 Å². The Balaban J connectivity index is -0.000000902. The summed E-state index contributed by atoms with van der Waals surface area (Å²) < 4.78 is 0. The predicted octanol–water partition coefficient (Wildman–Crippen LogP) is 4.11. The van der Waals surface area contributed by atoms with Crippen LogP contribution in [0.5, 0.6) is 0 Å². The molecule has 0 aliphatic carbocycles. The van der Waals surface area contributed by atoms with Crippen molar-refractivity contribution in [2.24, 2.45) is 0 Å². The molecule has 126 valence electrons. The largest absolute Gasteiger partial charge is 1.00 e. The first-order valence-corrected chi connectivity index (χ1v) is 6.16. The van der Waals surface area contributed by atoms with Crippen LogP contribution in [0.2, 0.25) is 0 Å². The summed E-state index contributed by atoms with van der Waals surface area (Å²) in [5.41, 5.74) is 1.86. The quantitative estimate of drug-likeness (QED) is 0.356. The number of hydrogen-bond acceptors (Lipinski definition) is 1. The molecule has 2 aromatic rings. The maximum Gasteiger partial charge on any atom is 1.00 e. The summed E-state index contributed by atoms with van der Waals surface area (Å²) in [5.74, 6) is 0. The van der Waals surface area contributed by atoms with Gasteiger partial charge in [0.25, 0.3) is 0 Å². The summed E-state index contributed by atoms with van der Waals surface area (Å²) >= 11 is 0. The van der Waals surface area contributed by atoms with Gasteiger partial charge in [-0.25, -0.2) is 0 Å². The average molecular weight is 385 g/mol. The van der Waals surface area contributed by atoms with Gasteiger partial charge < -0.3 is 12.5 Å². The number of aliphatic hydroxyl groups is 1. The van der Waals surface area contributed by atoms with Crippen LogP contribution in [0, 0.1) is 7.43 Å². The van der Waals surface area contributed by atoms with Crippen LogP contribution in [-0.2, 0) is 22.5 Å². The molecule has 0 spiro atoms. The van der Waals surface area contributed by atoms with E-state index in [1.54, 1.807) is 0 Å². The number of hydrogen-bond donors (Lipinski definition) is 1. The topological polar surface area (TPSA) is 20.2 Å². The molecular formula is C18H27CuOP2. The fourth-order valence-electron chi connectivity index (χ4n) is 2.41. The fourth-order valence-corrected chi connectivity index (χ4v) is 2.41. The minimum atomic E-state index is -0.385. The van der Waals surface area contributed by atoms with Crippen LogP contribution in [0.4, 0.5) is 0 Å². The number of rotatable bonds is 5. The fraction of sp³-hybridized carbons (Fsp3) is 0.167. The second kappa shape index (κ2) is 13.0. The first-order valence-electron chi connectivity index (χ1n) is 6.16. The van der Waals surface area contributed by atoms with Crippen LogP contribution < -0.4 is 0 Å². The van der Waals surface area contributed by atoms with Crippen LogP contribution in [0.1, 0.15) is 17.5 Å². The molecule has 0 saturated carbocycles. The van der Waals surface area contributed by atoms with Crippen LogP contribution in [-0.4, -0.2) is 11.7 Å². The van der Waals surface area contributed by atoms with Gasteiger partial charge in [-0.15, -0.1) is 6.58 Å². The van der Waals surface area contributed by atoms with E-state index in [9.17, 15) is 5.11 Å². The van der Waals surface area contributed by atoms with Gasteiger partial charge in [-0.05, 0) is 17.5 Å². The Morgan fingerprint density at radius 2 is 1.23 bits per heavy atom. The molecule has 2 atom stereocenters. The van der Waals surface area contributed by atoms with E-state index in [1.165, 1.54) is 0 Å². The van der Waals surface area contributed by atoms with Crippen molar-refractivity contribution in [2.75, 3.05) is 6.61 Å². The van der Waals surface area contributed by atoms with Crippen LogP contribution >= 0.6 is 19.8 Å².